The van der Waals surface area contributed by atoms with E-state index < -0.39 is 0 Å². The largest absolute Gasteiger partial charge is 0.356 e. The van der Waals surface area contributed by atoms with E-state index in [1.54, 1.807) is 7.05 Å². The van der Waals surface area contributed by atoms with Crippen LogP contribution in [0.1, 0.15) is 29.8 Å². The van der Waals surface area contributed by atoms with Crippen LogP contribution in [0.5, 0.6) is 0 Å². The molecule has 22 heavy (non-hydrogen) atoms. The Kier molecular flexibility index (Phi) is 5.95. The van der Waals surface area contributed by atoms with E-state index in [2.05, 4.69) is 45.7 Å². The first-order chi connectivity index (χ1) is 10.7. The molecule has 0 aliphatic carbocycles. The van der Waals surface area contributed by atoms with Crippen LogP contribution in [-0.4, -0.2) is 24.5 Å². The zero-order chi connectivity index (χ0) is 15.8. The molecule has 0 aliphatic rings. The second kappa shape index (κ2) is 8.17. The minimum atomic E-state index is 0.216. The first-order valence-electron chi connectivity index (χ1n) is 7.62. The van der Waals surface area contributed by atoms with Crippen LogP contribution < -0.4 is 10.6 Å². The molecule has 1 atom stereocenters. The van der Waals surface area contributed by atoms with Gasteiger partial charge in [0.1, 0.15) is 0 Å². The molecule has 1 aromatic carbocycles. The molecule has 1 aromatic heterocycles. The van der Waals surface area contributed by atoms with E-state index >= 15 is 0 Å². The monoisotopic (exact) mass is 296 g/mol. The molecule has 0 radical (unpaired) electrons. The number of nitrogens with zero attached hydrogens (tertiary/aromatic N) is 2. The van der Waals surface area contributed by atoms with Crippen molar-refractivity contribution in [3.8, 4) is 0 Å². The van der Waals surface area contributed by atoms with E-state index in [4.69, 9.17) is 0 Å². The Balaban J connectivity index is 1.81. The van der Waals surface area contributed by atoms with Crippen molar-refractivity contribution in [2.75, 3.05) is 13.6 Å². The summed E-state index contributed by atoms with van der Waals surface area (Å²) in [5.74, 6) is 0.816. The number of rotatable bonds is 5. The minimum absolute atomic E-state index is 0.216. The quantitative estimate of drug-likeness (QED) is 0.659. The topological polar surface area (TPSA) is 49.3 Å². The highest BCUT2D eigenvalue weighted by molar-refractivity contribution is 5.80. The number of aliphatic imine (C=N–C) groups is 1. The fraction of sp³-hybridized carbons (Fsp3) is 0.333. The van der Waals surface area contributed by atoms with Crippen molar-refractivity contribution in [1.82, 2.24) is 15.6 Å². The normalized spacial score (nSPS) is 12.8. The van der Waals surface area contributed by atoms with Crippen molar-refractivity contribution < 1.29 is 0 Å². The molecule has 4 heteroatoms. The lowest BCUT2D eigenvalue weighted by molar-refractivity contribution is 0.684. The molecule has 1 heterocycles. The zero-order valence-corrected chi connectivity index (χ0v) is 13.5. The number of aromatic nitrogens is 1. The first kappa shape index (κ1) is 16.0. The average molecular weight is 296 g/mol. The lowest BCUT2D eigenvalue weighted by atomic mass is 10.1. The van der Waals surface area contributed by atoms with Crippen LogP contribution in [0.25, 0.3) is 0 Å². The van der Waals surface area contributed by atoms with Gasteiger partial charge in [-0.05, 0) is 37.5 Å². The second-order valence-corrected chi connectivity index (χ2v) is 5.33. The highest BCUT2D eigenvalue weighted by atomic mass is 15.2. The molecule has 116 valence electrons. The Hall–Kier alpha value is -2.36. The van der Waals surface area contributed by atoms with E-state index in [9.17, 15) is 0 Å². The highest BCUT2D eigenvalue weighted by Crippen LogP contribution is 2.10. The summed E-state index contributed by atoms with van der Waals surface area (Å²) in [4.78, 5) is 8.59. The van der Waals surface area contributed by atoms with Gasteiger partial charge >= 0.3 is 0 Å². The number of aryl methyl sites for hydroxylation is 1. The van der Waals surface area contributed by atoms with Crippen molar-refractivity contribution >= 4 is 5.96 Å². The van der Waals surface area contributed by atoms with Gasteiger partial charge in [-0.2, -0.15) is 0 Å². The Bertz CT molecular complexity index is 590. The van der Waals surface area contributed by atoms with E-state index in [-0.39, 0.29) is 6.04 Å². The van der Waals surface area contributed by atoms with Gasteiger partial charge in [0.05, 0.1) is 6.04 Å². The van der Waals surface area contributed by atoms with Gasteiger partial charge in [-0.25, -0.2) is 0 Å². The fourth-order valence-electron chi connectivity index (χ4n) is 2.20. The third kappa shape index (κ3) is 4.88. The van der Waals surface area contributed by atoms with Crippen molar-refractivity contribution in [1.29, 1.82) is 0 Å². The molecule has 0 amide bonds. The minimum Gasteiger partial charge on any atom is -0.356 e. The molecular weight excluding hydrogens is 272 g/mol. The van der Waals surface area contributed by atoms with Crippen molar-refractivity contribution in [2.45, 2.75) is 26.3 Å². The first-order valence-corrected chi connectivity index (χ1v) is 7.62. The third-order valence-electron chi connectivity index (χ3n) is 3.56. The van der Waals surface area contributed by atoms with Crippen LogP contribution in [0.4, 0.5) is 0 Å². The maximum absolute atomic E-state index is 4.31. The second-order valence-electron chi connectivity index (χ2n) is 5.33. The zero-order valence-electron chi connectivity index (χ0n) is 13.5. The Labute approximate surface area is 132 Å². The van der Waals surface area contributed by atoms with E-state index in [1.165, 1.54) is 11.1 Å². The Morgan fingerprint density at radius 3 is 2.59 bits per heavy atom. The molecule has 0 fully saturated rings. The summed E-state index contributed by atoms with van der Waals surface area (Å²) in [5.41, 5.74) is 3.52. The summed E-state index contributed by atoms with van der Waals surface area (Å²) < 4.78 is 0. The van der Waals surface area contributed by atoms with Crippen LogP contribution in [0.15, 0.2) is 53.7 Å². The maximum atomic E-state index is 4.31. The average Bonchev–Trinajstić information content (AvgIpc) is 2.56. The molecule has 4 nitrogen and oxygen atoms in total. The van der Waals surface area contributed by atoms with E-state index in [1.807, 2.05) is 37.4 Å². The van der Waals surface area contributed by atoms with Crippen LogP contribution in [0.3, 0.4) is 0 Å². The molecule has 0 saturated heterocycles. The predicted molar refractivity (Wildman–Crippen MR) is 92.0 cm³/mol. The maximum Gasteiger partial charge on any atom is 0.191 e. The van der Waals surface area contributed by atoms with Crippen LogP contribution >= 0.6 is 0 Å². The van der Waals surface area contributed by atoms with Crippen molar-refractivity contribution in [2.24, 2.45) is 4.99 Å². The lowest BCUT2D eigenvalue weighted by Crippen LogP contribution is -2.39. The van der Waals surface area contributed by atoms with Gasteiger partial charge in [-0.3, -0.25) is 9.98 Å². The van der Waals surface area contributed by atoms with E-state index in [0.29, 0.717) is 0 Å². The van der Waals surface area contributed by atoms with E-state index in [0.717, 1.165) is 24.6 Å². The number of hydrogen-bond donors (Lipinski definition) is 2. The van der Waals surface area contributed by atoms with Crippen LogP contribution in [0.2, 0.25) is 0 Å². The van der Waals surface area contributed by atoms with Gasteiger partial charge in [0.15, 0.2) is 5.96 Å². The number of hydrogen-bond acceptors (Lipinski definition) is 2. The molecule has 0 saturated carbocycles. The summed E-state index contributed by atoms with van der Waals surface area (Å²) in [6.45, 7) is 4.96. The predicted octanol–water partition coefficient (Wildman–Crippen LogP) is 2.86. The summed E-state index contributed by atoms with van der Waals surface area (Å²) in [7, 11) is 1.79. The molecule has 0 aliphatic heterocycles. The molecule has 2 N–H and O–H groups in total. The van der Waals surface area contributed by atoms with Crippen molar-refractivity contribution in [3.05, 3.63) is 65.5 Å². The molecule has 0 bridgehead atoms. The third-order valence-corrected chi connectivity index (χ3v) is 3.56. The van der Waals surface area contributed by atoms with Crippen molar-refractivity contribution in [3.63, 3.8) is 0 Å². The number of nitrogens with one attached hydrogen (secondary N) is 2. The van der Waals surface area contributed by atoms with Gasteiger partial charge in [0.25, 0.3) is 0 Å². The van der Waals surface area contributed by atoms with Gasteiger partial charge in [-0.1, -0.05) is 36.4 Å². The summed E-state index contributed by atoms with van der Waals surface area (Å²) >= 11 is 0. The molecular formula is C18H24N4. The molecule has 1 unspecified atom stereocenters. The van der Waals surface area contributed by atoms with Gasteiger partial charge in [0, 0.05) is 25.5 Å². The summed E-state index contributed by atoms with van der Waals surface area (Å²) in [6.07, 6.45) is 2.85. The van der Waals surface area contributed by atoms with Crippen LogP contribution in [-0.2, 0) is 6.42 Å². The highest BCUT2D eigenvalue weighted by Gasteiger charge is 2.06. The number of guanidine groups is 1. The fourth-order valence-corrected chi connectivity index (χ4v) is 2.20. The smallest absolute Gasteiger partial charge is 0.191 e. The standard InChI is InChI=1S/C18H24N4/c1-14-9-10-16(13-21-14)11-12-20-18(19-3)22-15(2)17-7-5-4-6-8-17/h4-10,13,15H,11-12H2,1-3H3,(H2,19,20,22). The summed E-state index contributed by atoms with van der Waals surface area (Å²) in [6, 6.07) is 14.7. The molecule has 2 aromatic rings. The molecule has 2 rings (SSSR count). The SMILES string of the molecule is CN=C(NCCc1ccc(C)nc1)NC(C)c1ccccc1. The Morgan fingerprint density at radius 2 is 1.95 bits per heavy atom. The van der Waals surface area contributed by atoms with Gasteiger partial charge in [0.2, 0.25) is 0 Å². The van der Waals surface area contributed by atoms with Crippen LogP contribution in [0, 0.1) is 6.92 Å². The summed E-state index contributed by atoms with van der Waals surface area (Å²) in [5, 5.41) is 6.75. The Morgan fingerprint density at radius 1 is 1.18 bits per heavy atom. The van der Waals surface area contributed by atoms with Gasteiger partial charge < -0.3 is 10.6 Å². The van der Waals surface area contributed by atoms with Gasteiger partial charge in [-0.15, -0.1) is 0 Å². The molecule has 0 spiro atoms. The number of benzene rings is 1. The lowest BCUT2D eigenvalue weighted by Gasteiger charge is -2.18. The number of pyridine rings is 1.